The minimum absolute atomic E-state index is 0.166. The molecule has 0 aliphatic carbocycles. The van der Waals surface area contributed by atoms with Gasteiger partial charge in [0.05, 0.1) is 26.1 Å². The highest BCUT2D eigenvalue weighted by molar-refractivity contribution is 7.52. The molecule has 1 saturated heterocycles. The highest BCUT2D eigenvalue weighted by Crippen LogP contribution is 2.49. The molecular weight excluding hydrogens is 527 g/mol. The lowest BCUT2D eigenvalue weighted by atomic mass is 10.1. The number of ether oxygens (including phenoxy) is 2. The maximum atomic E-state index is 14.1. The van der Waals surface area contributed by atoms with Gasteiger partial charge in [0.25, 0.3) is 0 Å². The molecule has 206 valence electrons. The SMILES string of the molecule is COC(=O)C(C)(C)NP(=O)(OC[C@@H]1CC(O)[C@H](n2cnc3c(N)ncnc32)O1)Oc1cccc2ccccc12. The lowest BCUT2D eigenvalue weighted by molar-refractivity contribution is -0.146. The molecule has 0 bridgehead atoms. The van der Waals surface area contributed by atoms with Crippen molar-refractivity contribution in [2.24, 2.45) is 0 Å². The van der Waals surface area contributed by atoms with Crippen LogP contribution in [0.4, 0.5) is 5.82 Å². The number of fused-ring (bicyclic) bond motifs is 2. The van der Waals surface area contributed by atoms with Crippen molar-refractivity contribution in [3.63, 3.8) is 0 Å². The summed E-state index contributed by atoms with van der Waals surface area (Å²) in [6.45, 7) is 2.79. The van der Waals surface area contributed by atoms with Gasteiger partial charge in [0.2, 0.25) is 0 Å². The zero-order chi connectivity index (χ0) is 27.8. The van der Waals surface area contributed by atoms with E-state index in [1.54, 1.807) is 16.7 Å². The van der Waals surface area contributed by atoms with Gasteiger partial charge in [0, 0.05) is 11.8 Å². The van der Waals surface area contributed by atoms with Crippen LogP contribution in [0.2, 0.25) is 0 Å². The summed E-state index contributed by atoms with van der Waals surface area (Å²) in [5.41, 5.74) is 5.24. The minimum Gasteiger partial charge on any atom is -0.468 e. The topological polar surface area (TPSA) is 173 Å². The summed E-state index contributed by atoms with van der Waals surface area (Å²) in [7, 11) is -2.97. The number of hydrogen-bond donors (Lipinski definition) is 3. The number of nitrogen functional groups attached to an aromatic ring is 1. The number of nitrogens with zero attached hydrogens (tertiary/aromatic N) is 4. The quantitative estimate of drug-likeness (QED) is 0.203. The van der Waals surface area contributed by atoms with Crippen LogP contribution in [0.15, 0.2) is 55.1 Å². The molecule has 0 radical (unpaired) electrons. The Kier molecular flexibility index (Phi) is 7.27. The van der Waals surface area contributed by atoms with Gasteiger partial charge in [-0.25, -0.2) is 19.5 Å². The summed E-state index contributed by atoms with van der Waals surface area (Å²) in [4.78, 5) is 24.7. The molecule has 0 amide bonds. The number of esters is 1. The van der Waals surface area contributed by atoms with E-state index in [9.17, 15) is 14.5 Å². The molecule has 39 heavy (non-hydrogen) atoms. The highest BCUT2D eigenvalue weighted by atomic mass is 31.2. The van der Waals surface area contributed by atoms with Crippen LogP contribution in [-0.2, 0) is 23.4 Å². The molecule has 1 aliphatic rings. The Morgan fingerprint density at radius 2 is 2.00 bits per heavy atom. The lowest BCUT2D eigenvalue weighted by Crippen LogP contribution is -2.46. The molecule has 2 unspecified atom stereocenters. The molecule has 5 rings (SSSR count). The number of carbonyl (C=O) groups is 1. The van der Waals surface area contributed by atoms with E-state index < -0.39 is 37.7 Å². The molecule has 14 heteroatoms. The lowest BCUT2D eigenvalue weighted by Gasteiger charge is -2.29. The van der Waals surface area contributed by atoms with Crippen molar-refractivity contribution < 1.29 is 33.0 Å². The fraction of sp³-hybridized carbons (Fsp3) is 0.360. The Morgan fingerprint density at radius 3 is 2.79 bits per heavy atom. The standard InChI is InChI=1S/C25H29N6O7P/c1-25(2,24(33)35-3)30-39(34,38-19-10-6-8-15-7-4-5-9-17(15)19)36-12-16-11-18(32)23(37-16)31-14-29-20-21(26)27-13-28-22(20)31/h4-10,13-14,16,18,23,32H,11-12H2,1-3H3,(H,30,34)(H2,26,27,28)/t16-,18?,23+,39?/m0/s1. The van der Waals surface area contributed by atoms with Crippen LogP contribution in [0.25, 0.3) is 21.9 Å². The second-order valence-corrected chi connectivity index (χ2v) is 11.3. The van der Waals surface area contributed by atoms with Gasteiger partial charge in [-0.3, -0.25) is 13.9 Å². The second-order valence-electron chi connectivity index (χ2n) is 9.62. The fourth-order valence-corrected chi connectivity index (χ4v) is 6.17. The summed E-state index contributed by atoms with van der Waals surface area (Å²) in [5, 5.41) is 15.0. The molecule has 13 nitrogen and oxygen atoms in total. The zero-order valence-corrected chi connectivity index (χ0v) is 22.4. The predicted molar refractivity (Wildman–Crippen MR) is 142 cm³/mol. The molecule has 2 aromatic carbocycles. The highest BCUT2D eigenvalue weighted by Gasteiger charge is 2.43. The van der Waals surface area contributed by atoms with Gasteiger partial charge in [-0.15, -0.1) is 0 Å². The summed E-state index contributed by atoms with van der Waals surface area (Å²) >= 11 is 0. The number of nitrogens with one attached hydrogen (secondary N) is 1. The first kappa shape index (κ1) is 27.0. The van der Waals surface area contributed by atoms with Gasteiger partial charge < -0.3 is 24.8 Å². The van der Waals surface area contributed by atoms with Crippen molar-refractivity contribution in [2.45, 2.75) is 44.2 Å². The van der Waals surface area contributed by atoms with Gasteiger partial charge in [-0.1, -0.05) is 36.4 Å². The van der Waals surface area contributed by atoms with E-state index in [2.05, 4.69) is 20.0 Å². The normalized spacial score (nSPS) is 21.2. The third-order valence-electron chi connectivity index (χ3n) is 6.34. The van der Waals surface area contributed by atoms with Gasteiger partial charge in [0.1, 0.15) is 29.2 Å². The number of carbonyl (C=O) groups excluding carboxylic acids is 1. The minimum atomic E-state index is -4.20. The Morgan fingerprint density at radius 1 is 1.23 bits per heavy atom. The smallest absolute Gasteiger partial charge is 0.459 e. The maximum absolute atomic E-state index is 14.1. The second kappa shape index (κ2) is 10.5. The van der Waals surface area contributed by atoms with Crippen molar-refractivity contribution in [2.75, 3.05) is 19.5 Å². The fourth-order valence-electron chi connectivity index (χ4n) is 4.45. The van der Waals surface area contributed by atoms with Crippen molar-refractivity contribution in [1.29, 1.82) is 0 Å². The van der Waals surface area contributed by atoms with Crippen molar-refractivity contribution in [3.8, 4) is 5.75 Å². The van der Waals surface area contributed by atoms with E-state index in [4.69, 9.17) is 24.3 Å². The number of rotatable bonds is 9. The number of nitrogens with two attached hydrogens (primary N) is 1. The molecule has 2 aromatic heterocycles. The van der Waals surface area contributed by atoms with Crippen LogP contribution < -0.4 is 15.3 Å². The van der Waals surface area contributed by atoms with Crippen LogP contribution >= 0.6 is 7.75 Å². The molecule has 0 saturated carbocycles. The zero-order valence-electron chi connectivity index (χ0n) is 21.6. The molecule has 3 heterocycles. The van der Waals surface area contributed by atoms with E-state index in [-0.39, 0.29) is 18.8 Å². The first-order valence-corrected chi connectivity index (χ1v) is 13.7. The number of methoxy groups -OCH3 is 1. The average Bonchev–Trinajstić information content (AvgIpc) is 3.50. The summed E-state index contributed by atoms with van der Waals surface area (Å²) < 4.78 is 38.3. The number of imidazole rings is 1. The van der Waals surface area contributed by atoms with E-state index in [0.29, 0.717) is 22.3 Å². The van der Waals surface area contributed by atoms with E-state index >= 15 is 0 Å². The molecule has 4 aromatic rings. The van der Waals surface area contributed by atoms with Crippen molar-refractivity contribution in [1.82, 2.24) is 24.6 Å². The maximum Gasteiger partial charge on any atom is 0.459 e. The molecule has 4 N–H and O–H groups in total. The van der Waals surface area contributed by atoms with Crippen LogP contribution in [0.1, 0.15) is 26.5 Å². The Hall–Kier alpha value is -3.61. The van der Waals surface area contributed by atoms with Crippen LogP contribution in [0.5, 0.6) is 5.75 Å². The first-order valence-electron chi connectivity index (χ1n) is 12.2. The van der Waals surface area contributed by atoms with Gasteiger partial charge in [-0.2, -0.15) is 5.09 Å². The number of aliphatic hydroxyl groups excluding tert-OH is 1. The van der Waals surface area contributed by atoms with E-state index in [1.165, 1.54) is 33.6 Å². The summed E-state index contributed by atoms with van der Waals surface area (Å²) in [5.74, 6) is -0.150. The first-order chi connectivity index (χ1) is 18.6. The monoisotopic (exact) mass is 556 g/mol. The average molecular weight is 557 g/mol. The van der Waals surface area contributed by atoms with Crippen LogP contribution in [0.3, 0.4) is 0 Å². The van der Waals surface area contributed by atoms with Crippen LogP contribution in [-0.4, -0.2) is 62.1 Å². The molecule has 4 atom stereocenters. The van der Waals surface area contributed by atoms with Gasteiger partial charge in [-0.05, 0) is 25.3 Å². The Bertz CT molecular complexity index is 1560. The number of aliphatic hydroxyl groups is 1. The number of aromatic nitrogens is 4. The van der Waals surface area contributed by atoms with Crippen molar-refractivity contribution >= 4 is 41.5 Å². The largest absolute Gasteiger partial charge is 0.468 e. The van der Waals surface area contributed by atoms with Gasteiger partial charge >= 0.3 is 13.7 Å². The third kappa shape index (κ3) is 5.45. The predicted octanol–water partition coefficient (Wildman–Crippen LogP) is 2.96. The number of anilines is 1. The number of benzene rings is 2. The number of hydrogen-bond acceptors (Lipinski definition) is 11. The van der Waals surface area contributed by atoms with E-state index in [0.717, 1.165) is 5.39 Å². The summed E-state index contributed by atoms with van der Waals surface area (Å²) in [6, 6.07) is 12.8. The van der Waals surface area contributed by atoms with Crippen molar-refractivity contribution in [3.05, 3.63) is 55.1 Å². The molecule has 1 fully saturated rings. The Labute approximate surface area is 223 Å². The Balaban J connectivity index is 1.37. The molecule has 0 spiro atoms. The molecule has 1 aliphatic heterocycles. The van der Waals surface area contributed by atoms with E-state index in [1.807, 2.05) is 30.3 Å². The summed E-state index contributed by atoms with van der Waals surface area (Å²) in [6.07, 6.45) is 0.476. The van der Waals surface area contributed by atoms with Crippen LogP contribution in [0, 0.1) is 0 Å². The third-order valence-corrected chi connectivity index (χ3v) is 8.10. The van der Waals surface area contributed by atoms with Gasteiger partial charge in [0.15, 0.2) is 17.7 Å². The molecular formula is C25H29N6O7P.